The fraction of sp³-hybridized carbons (Fsp3) is 0.517. The van der Waals surface area contributed by atoms with Gasteiger partial charge in [-0.05, 0) is 30.0 Å². The van der Waals surface area contributed by atoms with E-state index in [1.807, 2.05) is 44.2 Å². The van der Waals surface area contributed by atoms with Crippen LogP contribution in [0.15, 0.2) is 57.8 Å². The molecule has 2 fully saturated rings. The predicted octanol–water partition coefficient (Wildman–Crippen LogP) is 2.19. The number of oxazole rings is 1. The highest BCUT2D eigenvalue weighted by Gasteiger charge is 2.42. The van der Waals surface area contributed by atoms with Crippen LogP contribution in [0.2, 0.25) is 0 Å². The number of aliphatic hydroxyl groups excluding tert-OH is 1. The van der Waals surface area contributed by atoms with Gasteiger partial charge in [0.1, 0.15) is 11.6 Å². The first kappa shape index (κ1) is 30.4. The zero-order chi connectivity index (χ0) is 29.9. The Labute approximate surface area is 245 Å². The Morgan fingerprint density at radius 1 is 1.19 bits per heavy atom. The van der Waals surface area contributed by atoms with Gasteiger partial charge in [0.05, 0.1) is 36.3 Å². The summed E-state index contributed by atoms with van der Waals surface area (Å²) >= 11 is 0. The topological polar surface area (TPSA) is 152 Å². The summed E-state index contributed by atoms with van der Waals surface area (Å²) in [6.07, 6.45) is -2.80. The number of aryl methyl sites for hydroxylation is 1. The summed E-state index contributed by atoms with van der Waals surface area (Å²) < 4.78 is 51.3. The lowest BCUT2D eigenvalue weighted by Gasteiger charge is -2.31. The molecule has 42 heavy (non-hydrogen) atoms. The Morgan fingerprint density at radius 2 is 1.98 bits per heavy atom. The lowest BCUT2D eigenvalue weighted by Crippen LogP contribution is -2.54. The maximum absolute atomic E-state index is 13.8. The molecule has 12 nitrogen and oxygen atoms in total. The number of fused-ring (bicyclic) bond motifs is 2. The van der Waals surface area contributed by atoms with Gasteiger partial charge < -0.3 is 34.4 Å². The van der Waals surface area contributed by atoms with Gasteiger partial charge in [-0.25, -0.2) is 18.2 Å². The van der Waals surface area contributed by atoms with Crippen LogP contribution in [0.1, 0.15) is 25.3 Å². The van der Waals surface area contributed by atoms with Crippen LogP contribution in [-0.4, -0.2) is 92.3 Å². The first-order valence-electron chi connectivity index (χ1n) is 14.1. The molecule has 0 bridgehead atoms. The number of carbonyl (C=O) groups excluding carboxylic acids is 1. The van der Waals surface area contributed by atoms with Crippen LogP contribution in [0.5, 0.6) is 0 Å². The molecule has 13 heteroatoms. The van der Waals surface area contributed by atoms with E-state index in [1.54, 1.807) is 13.0 Å². The SMILES string of the molecule is Cc1nc2ccc(S(=O)(=O)N(CC(C)C)C[C@@H](O)[C@H](Cc3ccccc3)NC(=O)OC3COC4OCCNC34)cc2o1. The Kier molecular flexibility index (Phi) is 9.45. The maximum Gasteiger partial charge on any atom is 0.407 e. The van der Waals surface area contributed by atoms with Crippen molar-refractivity contribution < 1.29 is 36.9 Å². The Balaban J connectivity index is 1.34. The molecule has 5 rings (SSSR count). The van der Waals surface area contributed by atoms with Crippen LogP contribution >= 0.6 is 0 Å². The van der Waals surface area contributed by atoms with E-state index in [9.17, 15) is 18.3 Å². The summed E-state index contributed by atoms with van der Waals surface area (Å²) in [6, 6.07) is 12.7. The molecule has 2 aromatic carbocycles. The standard InChI is InChI=1S/C29H38N4O8S/c1-18(2)15-33(42(36,37)21-9-10-22-25(14-21)40-19(3)31-22)16-24(34)23(13-20-7-5-4-6-8-20)32-29(35)41-26-17-39-28-27(26)30-11-12-38-28/h4-10,14,18,23-24,26-28,30,34H,11-13,15-17H2,1-3H3,(H,32,35)/t23-,24+,26?,27?,28?/m0/s1. The Hall–Kier alpha value is -3.07. The first-order chi connectivity index (χ1) is 20.1. The van der Waals surface area contributed by atoms with Crippen LogP contribution in [0.3, 0.4) is 0 Å². The highest BCUT2D eigenvalue weighted by atomic mass is 32.2. The van der Waals surface area contributed by atoms with Gasteiger partial charge in [-0.3, -0.25) is 0 Å². The largest absolute Gasteiger partial charge is 0.442 e. The van der Waals surface area contributed by atoms with Crippen LogP contribution in [0.4, 0.5) is 4.79 Å². The number of ether oxygens (including phenoxy) is 3. The molecule has 0 radical (unpaired) electrons. The van der Waals surface area contributed by atoms with Gasteiger partial charge in [0.15, 0.2) is 17.8 Å². The molecule has 0 aliphatic carbocycles. The lowest BCUT2D eigenvalue weighted by molar-refractivity contribution is -0.137. The highest BCUT2D eigenvalue weighted by molar-refractivity contribution is 7.89. The van der Waals surface area contributed by atoms with Gasteiger partial charge in [-0.2, -0.15) is 4.31 Å². The molecule has 5 atom stereocenters. The summed E-state index contributed by atoms with van der Waals surface area (Å²) in [6.45, 7) is 6.69. The minimum Gasteiger partial charge on any atom is -0.442 e. The molecule has 3 unspecified atom stereocenters. The highest BCUT2D eigenvalue weighted by Crippen LogP contribution is 2.25. The third kappa shape index (κ3) is 7.10. The number of aliphatic hydroxyl groups is 1. The van der Waals surface area contributed by atoms with Gasteiger partial charge in [0, 0.05) is 32.6 Å². The molecular formula is C29H38N4O8S. The molecule has 0 saturated carbocycles. The van der Waals surface area contributed by atoms with Crippen molar-refractivity contribution in [2.24, 2.45) is 5.92 Å². The second-order valence-corrected chi connectivity index (χ2v) is 13.0. The zero-order valence-electron chi connectivity index (χ0n) is 23.9. The third-order valence-corrected chi connectivity index (χ3v) is 9.10. The van der Waals surface area contributed by atoms with Gasteiger partial charge in [-0.1, -0.05) is 44.2 Å². The van der Waals surface area contributed by atoms with E-state index >= 15 is 0 Å². The molecule has 3 N–H and O–H groups in total. The number of aromatic nitrogens is 1. The normalized spacial score (nSPS) is 22.3. The monoisotopic (exact) mass is 602 g/mol. The lowest BCUT2D eigenvalue weighted by atomic mass is 10.0. The summed E-state index contributed by atoms with van der Waals surface area (Å²) in [4.78, 5) is 17.3. The number of alkyl carbamates (subject to hydrolysis) is 1. The number of benzene rings is 2. The number of rotatable bonds is 11. The van der Waals surface area contributed by atoms with E-state index in [-0.39, 0.29) is 43.0 Å². The molecule has 3 heterocycles. The van der Waals surface area contributed by atoms with Crippen LogP contribution in [0, 0.1) is 12.8 Å². The summed E-state index contributed by atoms with van der Waals surface area (Å²) in [5.74, 6) is 0.399. The van der Waals surface area contributed by atoms with Gasteiger partial charge in [0.25, 0.3) is 0 Å². The average Bonchev–Trinajstić information content (AvgIpc) is 3.54. The molecule has 2 saturated heterocycles. The molecular weight excluding hydrogens is 564 g/mol. The maximum atomic E-state index is 13.8. The number of amides is 1. The Morgan fingerprint density at radius 3 is 2.74 bits per heavy atom. The van der Waals surface area contributed by atoms with E-state index in [0.717, 1.165) is 5.56 Å². The smallest absolute Gasteiger partial charge is 0.407 e. The second kappa shape index (κ2) is 13.1. The van der Waals surface area contributed by atoms with Crippen LogP contribution < -0.4 is 10.6 Å². The molecule has 1 aromatic heterocycles. The van der Waals surface area contributed by atoms with Crippen molar-refractivity contribution in [3.05, 3.63) is 60.0 Å². The van der Waals surface area contributed by atoms with Gasteiger partial charge in [-0.15, -0.1) is 0 Å². The van der Waals surface area contributed by atoms with E-state index < -0.39 is 40.7 Å². The number of nitrogens with zero attached hydrogens (tertiary/aromatic N) is 2. The third-order valence-electron chi connectivity index (χ3n) is 7.27. The van der Waals surface area contributed by atoms with Crippen molar-refractivity contribution in [1.82, 2.24) is 19.9 Å². The number of sulfonamides is 1. The molecule has 1 amide bonds. The average molecular weight is 603 g/mol. The fourth-order valence-electron chi connectivity index (χ4n) is 5.28. The number of morpholine rings is 1. The minimum atomic E-state index is -4.04. The quantitative estimate of drug-likeness (QED) is 0.298. The van der Waals surface area contributed by atoms with Crippen molar-refractivity contribution >= 4 is 27.2 Å². The summed E-state index contributed by atoms with van der Waals surface area (Å²) in [5, 5.41) is 17.5. The van der Waals surface area contributed by atoms with Crippen LogP contribution in [-0.2, 0) is 30.7 Å². The van der Waals surface area contributed by atoms with E-state index in [4.69, 9.17) is 18.6 Å². The minimum absolute atomic E-state index is 0.0315. The van der Waals surface area contributed by atoms with E-state index in [1.165, 1.54) is 16.4 Å². The number of hydrogen-bond donors (Lipinski definition) is 3. The summed E-state index contributed by atoms with van der Waals surface area (Å²) in [5.41, 5.74) is 1.78. The molecule has 228 valence electrons. The van der Waals surface area contributed by atoms with Crippen molar-refractivity contribution in [2.75, 3.05) is 32.8 Å². The Bertz CT molecular complexity index is 1460. The predicted molar refractivity (Wildman–Crippen MR) is 153 cm³/mol. The zero-order valence-corrected chi connectivity index (χ0v) is 24.7. The van der Waals surface area contributed by atoms with Gasteiger partial charge >= 0.3 is 6.09 Å². The second-order valence-electron chi connectivity index (χ2n) is 11.1. The van der Waals surface area contributed by atoms with E-state index in [2.05, 4.69) is 15.6 Å². The fourth-order valence-corrected chi connectivity index (χ4v) is 6.92. The first-order valence-corrected chi connectivity index (χ1v) is 15.6. The molecule has 0 spiro atoms. The number of hydrogen-bond acceptors (Lipinski definition) is 10. The molecule has 3 aromatic rings. The molecule has 2 aliphatic heterocycles. The van der Waals surface area contributed by atoms with Crippen molar-refractivity contribution in [3.8, 4) is 0 Å². The molecule has 2 aliphatic rings. The van der Waals surface area contributed by atoms with Crippen molar-refractivity contribution in [3.63, 3.8) is 0 Å². The van der Waals surface area contributed by atoms with Crippen molar-refractivity contribution in [2.45, 2.75) is 62.7 Å². The number of carbonyl (C=O) groups is 1. The summed E-state index contributed by atoms with van der Waals surface area (Å²) in [7, 11) is -4.04. The van der Waals surface area contributed by atoms with Gasteiger partial charge in [0.2, 0.25) is 10.0 Å². The number of nitrogens with one attached hydrogen (secondary N) is 2. The van der Waals surface area contributed by atoms with Crippen LogP contribution in [0.25, 0.3) is 11.1 Å². The van der Waals surface area contributed by atoms with E-state index in [0.29, 0.717) is 30.1 Å². The van der Waals surface area contributed by atoms with Crippen molar-refractivity contribution in [1.29, 1.82) is 0 Å².